The number of hydrogen-bond donors (Lipinski definition) is 1. The minimum absolute atomic E-state index is 0.252. The lowest BCUT2D eigenvalue weighted by Crippen LogP contribution is -2.09. The largest absolute Gasteiger partial charge is 0.478 e. The standard InChI is InChI=1S/C11H12O4/c1-7-3-2-4-8(10(12)13)9(7)11-14-5-6-15-11/h2-4,11H,5-6H2,1H3,(H,12,13). The van der Waals surface area contributed by atoms with Crippen LogP contribution in [0.5, 0.6) is 0 Å². The van der Waals surface area contributed by atoms with Gasteiger partial charge in [-0.2, -0.15) is 0 Å². The van der Waals surface area contributed by atoms with Crippen LogP contribution in [0.4, 0.5) is 0 Å². The van der Waals surface area contributed by atoms with Crippen LogP contribution in [-0.4, -0.2) is 24.3 Å². The molecule has 0 amide bonds. The Hall–Kier alpha value is -1.39. The number of hydrogen-bond acceptors (Lipinski definition) is 3. The van der Waals surface area contributed by atoms with E-state index >= 15 is 0 Å². The highest BCUT2D eigenvalue weighted by atomic mass is 16.7. The van der Waals surface area contributed by atoms with E-state index in [1.54, 1.807) is 12.1 Å². The first-order valence-electron chi connectivity index (χ1n) is 4.76. The van der Waals surface area contributed by atoms with Crippen molar-refractivity contribution >= 4 is 5.97 Å². The second-order valence-electron chi connectivity index (χ2n) is 3.41. The van der Waals surface area contributed by atoms with Gasteiger partial charge >= 0.3 is 5.97 Å². The maximum absolute atomic E-state index is 11.0. The Kier molecular flexibility index (Phi) is 2.70. The van der Waals surface area contributed by atoms with Crippen molar-refractivity contribution < 1.29 is 19.4 Å². The first-order valence-corrected chi connectivity index (χ1v) is 4.76. The van der Waals surface area contributed by atoms with Gasteiger partial charge < -0.3 is 14.6 Å². The molecule has 0 saturated carbocycles. The van der Waals surface area contributed by atoms with Crippen molar-refractivity contribution in [2.24, 2.45) is 0 Å². The van der Waals surface area contributed by atoms with Gasteiger partial charge in [0.05, 0.1) is 18.8 Å². The molecule has 4 heteroatoms. The van der Waals surface area contributed by atoms with E-state index in [1.807, 2.05) is 13.0 Å². The minimum atomic E-state index is -0.951. The van der Waals surface area contributed by atoms with E-state index < -0.39 is 12.3 Å². The predicted octanol–water partition coefficient (Wildman–Crippen LogP) is 1.74. The molecule has 0 aromatic heterocycles. The molecule has 80 valence electrons. The Balaban J connectivity index is 2.46. The molecule has 0 aliphatic carbocycles. The normalized spacial score (nSPS) is 16.9. The van der Waals surface area contributed by atoms with E-state index in [4.69, 9.17) is 14.6 Å². The molecular weight excluding hydrogens is 196 g/mol. The van der Waals surface area contributed by atoms with Gasteiger partial charge in [0.1, 0.15) is 0 Å². The van der Waals surface area contributed by atoms with Crippen LogP contribution < -0.4 is 0 Å². The fourth-order valence-corrected chi connectivity index (χ4v) is 1.71. The number of carboxylic acids is 1. The van der Waals surface area contributed by atoms with E-state index in [1.165, 1.54) is 0 Å². The zero-order chi connectivity index (χ0) is 10.8. The molecule has 1 aliphatic heterocycles. The lowest BCUT2D eigenvalue weighted by Gasteiger charge is -2.14. The molecule has 1 aromatic rings. The number of carboxylic acid groups (broad SMARTS) is 1. The summed E-state index contributed by atoms with van der Waals surface area (Å²) in [5.74, 6) is -0.951. The lowest BCUT2D eigenvalue weighted by atomic mass is 10.0. The second-order valence-corrected chi connectivity index (χ2v) is 3.41. The minimum Gasteiger partial charge on any atom is -0.478 e. The fourth-order valence-electron chi connectivity index (χ4n) is 1.71. The van der Waals surface area contributed by atoms with Crippen molar-refractivity contribution in [2.75, 3.05) is 13.2 Å². The summed E-state index contributed by atoms with van der Waals surface area (Å²) in [6.07, 6.45) is -0.530. The number of carbonyl (C=O) groups is 1. The molecule has 1 saturated heterocycles. The van der Waals surface area contributed by atoms with Crippen LogP contribution in [0.3, 0.4) is 0 Å². The van der Waals surface area contributed by atoms with Gasteiger partial charge in [-0.3, -0.25) is 0 Å². The number of rotatable bonds is 2. The number of benzene rings is 1. The van der Waals surface area contributed by atoms with E-state index in [9.17, 15) is 4.79 Å². The van der Waals surface area contributed by atoms with Crippen LogP contribution in [0.2, 0.25) is 0 Å². The Bertz CT molecular complexity index is 380. The topological polar surface area (TPSA) is 55.8 Å². The molecule has 1 aromatic carbocycles. The van der Waals surface area contributed by atoms with E-state index in [2.05, 4.69) is 0 Å². The van der Waals surface area contributed by atoms with Gasteiger partial charge in [0.15, 0.2) is 6.29 Å². The molecule has 2 rings (SSSR count). The molecule has 1 heterocycles. The zero-order valence-corrected chi connectivity index (χ0v) is 8.40. The molecule has 1 fully saturated rings. The van der Waals surface area contributed by atoms with Gasteiger partial charge in [-0.15, -0.1) is 0 Å². The molecule has 4 nitrogen and oxygen atoms in total. The summed E-state index contributed by atoms with van der Waals surface area (Å²) in [5.41, 5.74) is 1.76. The van der Waals surface area contributed by atoms with Crippen LogP contribution in [-0.2, 0) is 9.47 Å². The van der Waals surface area contributed by atoms with Crippen molar-refractivity contribution in [1.82, 2.24) is 0 Å². The molecule has 1 N–H and O–H groups in total. The monoisotopic (exact) mass is 208 g/mol. The molecule has 0 bridgehead atoms. The number of ether oxygens (including phenoxy) is 2. The van der Waals surface area contributed by atoms with Crippen molar-refractivity contribution in [3.8, 4) is 0 Å². The van der Waals surface area contributed by atoms with Crippen molar-refractivity contribution in [3.63, 3.8) is 0 Å². The summed E-state index contributed by atoms with van der Waals surface area (Å²) in [4.78, 5) is 11.0. The third-order valence-corrected chi connectivity index (χ3v) is 2.41. The SMILES string of the molecule is Cc1cccc(C(=O)O)c1C1OCCO1. The third-order valence-electron chi connectivity index (χ3n) is 2.41. The lowest BCUT2D eigenvalue weighted by molar-refractivity contribution is -0.0452. The van der Waals surface area contributed by atoms with Gasteiger partial charge in [0, 0.05) is 5.56 Å². The first-order chi connectivity index (χ1) is 7.20. The van der Waals surface area contributed by atoms with Crippen molar-refractivity contribution in [2.45, 2.75) is 13.2 Å². The number of aryl methyl sites for hydroxylation is 1. The molecule has 15 heavy (non-hydrogen) atoms. The highest BCUT2D eigenvalue weighted by Crippen LogP contribution is 2.29. The number of aromatic carboxylic acids is 1. The molecule has 1 aliphatic rings. The van der Waals surface area contributed by atoms with Crippen LogP contribution in [0.15, 0.2) is 18.2 Å². The average Bonchev–Trinajstić information content (AvgIpc) is 2.70. The van der Waals surface area contributed by atoms with Gasteiger partial charge in [-0.1, -0.05) is 12.1 Å². The molecular formula is C11H12O4. The average molecular weight is 208 g/mol. The van der Waals surface area contributed by atoms with Crippen molar-refractivity contribution in [1.29, 1.82) is 0 Å². The van der Waals surface area contributed by atoms with Crippen LogP contribution >= 0.6 is 0 Å². The quantitative estimate of drug-likeness (QED) is 0.804. The van der Waals surface area contributed by atoms with Crippen molar-refractivity contribution in [3.05, 3.63) is 34.9 Å². The Morgan fingerprint density at radius 3 is 2.67 bits per heavy atom. The predicted molar refractivity (Wildman–Crippen MR) is 52.8 cm³/mol. The maximum atomic E-state index is 11.0. The maximum Gasteiger partial charge on any atom is 0.336 e. The van der Waals surface area contributed by atoms with Crippen LogP contribution in [0, 0.1) is 6.92 Å². The third kappa shape index (κ3) is 1.86. The highest BCUT2D eigenvalue weighted by Gasteiger charge is 2.25. The van der Waals surface area contributed by atoms with E-state index in [0.717, 1.165) is 5.56 Å². The molecule has 0 unspecified atom stereocenters. The summed E-state index contributed by atoms with van der Waals surface area (Å²) >= 11 is 0. The molecule has 0 spiro atoms. The summed E-state index contributed by atoms with van der Waals surface area (Å²) in [7, 11) is 0. The summed E-state index contributed by atoms with van der Waals surface area (Å²) in [6, 6.07) is 5.14. The van der Waals surface area contributed by atoms with Gasteiger partial charge in [-0.05, 0) is 18.6 Å². The summed E-state index contributed by atoms with van der Waals surface area (Å²) in [5, 5.41) is 9.04. The summed E-state index contributed by atoms with van der Waals surface area (Å²) in [6.45, 7) is 2.88. The van der Waals surface area contributed by atoms with Gasteiger partial charge in [0.2, 0.25) is 0 Å². The zero-order valence-electron chi connectivity index (χ0n) is 8.40. The highest BCUT2D eigenvalue weighted by molar-refractivity contribution is 5.89. The van der Waals surface area contributed by atoms with Gasteiger partial charge in [-0.25, -0.2) is 4.79 Å². The molecule has 0 atom stereocenters. The van der Waals surface area contributed by atoms with Crippen LogP contribution in [0.1, 0.15) is 27.8 Å². The van der Waals surface area contributed by atoms with Crippen LogP contribution in [0.25, 0.3) is 0 Å². The molecule has 0 radical (unpaired) electrons. The second kappa shape index (κ2) is 4.00. The smallest absolute Gasteiger partial charge is 0.336 e. The fraction of sp³-hybridized carbons (Fsp3) is 0.364. The van der Waals surface area contributed by atoms with E-state index in [0.29, 0.717) is 18.8 Å². The Labute approximate surface area is 87.4 Å². The Morgan fingerprint density at radius 2 is 2.07 bits per heavy atom. The van der Waals surface area contributed by atoms with E-state index in [-0.39, 0.29) is 5.56 Å². The van der Waals surface area contributed by atoms with Gasteiger partial charge in [0.25, 0.3) is 0 Å². The first kappa shape index (κ1) is 10.1. The Morgan fingerprint density at radius 1 is 1.40 bits per heavy atom. The summed E-state index contributed by atoms with van der Waals surface area (Å²) < 4.78 is 10.7.